The number of aliphatic carboxylic acids is 1. The van der Waals surface area contributed by atoms with Crippen LogP contribution in [0.3, 0.4) is 0 Å². The number of carbonyl (C=O) groups excluding carboxylic acids is 1. The highest BCUT2D eigenvalue weighted by molar-refractivity contribution is 7.89. The van der Waals surface area contributed by atoms with Crippen LogP contribution in [0.15, 0.2) is 0 Å². The van der Waals surface area contributed by atoms with Gasteiger partial charge in [-0.1, -0.05) is 13.8 Å². The predicted molar refractivity (Wildman–Crippen MR) is 64.4 cm³/mol. The van der Waals surface area contributed by atoms with Gasteiger partial charge in [-0.25, -0.2) is 12.7 Å². The zero-order chi connectivity index (χ0) is 14.5. The van der Waals surface area contributed by atoms with Crippen molar-refractivity contribution in [3.63, 3.8) is 0 Å². The number of sulfonamides is 1. The van der Waals surface area contributed by atoms with Gasteiger partial charge in [0.15, 0.2) is 0 Å². The highest BCUT2D eigenvalue weighted by Crippen LogP contribution is 2.09. The second-order valence-electron chi connectivity index (χ2n) is 4.22. The van der Waals surface area contributed by atoms with Crippen molar-refractivity contribution < 1.29 is 27.9 Å². The highest BCUT2D eigenvalue weighted by atomic mass is 32.2. The van der Waals surface area contributed by atoms with Crippen LogP contribution in [0, 0.1) is 11.8 Å². The Bertz CT molecular complexity index is 405. The maximum atomic E-state index is 11.8. The number of hydrogen-bond donors (Lipinski definition) is 1. The number of carbonyl (C=O) groups is 2. The van der Waals surface area contributed by atoms with Crippen LogP contribution in [0.5, 0.6) is 0 Å². The summed E-state index contributed by atoms with van der Waals surface area (Å²) in [5, 5.41) is 8.71. The molecule has 0 radical (unpaired) electrons. The largest absolute Gasteiger partial charge is 0.481 e. The molecule has 0 aliphatic heterocycles. The van der Waals surface area contributed by atoms with Crippen LogP contribution < -0.4 is 0 Å². The first-order valence-corrected chi connectivity index (χ1v) is 6.97. The fourth-order valence-corrected chi connectivity index (χ4v) is 2.76. The lowest BCUT2D eigenvalue weighted by molar-refractivity contribution is -0.144. The first-order valence-electron chi connectivity index (χ1n) is 5.36. The zero-order valence-electron chi connectivity index (χ0n) is 10.9. The summed E-state index contributed by atoms with van der Waals surface area (Å²) >= 11 is 0. The van der Waals surface area contributed by atoms with E-state index in [1.165, 1.54) is 28.0 Å². The first-order chi connectivity index (χ1) is 8.11. The van der Waals surface area contributed by atoms with Crippen molar-refractivity contribution in [2.45, 2.75) is 13.8 Å². The fraction of sp³-hybridized carbons (Fsp3) is 0.800. The summed E-state index contributed by atoms with van der Waals surface area (Å²) in [4.78, 5) is 21.8. The van der Waals surface area contributed by atoms with Crippen molar-refractivity contribution in [3.8, 4) is 0 Å². The number of ether oxygens (including phenoxy) is 1. The van der Waals surface area contributed by atoms with Crippen LogP contribution in [-0.4, -0.2) is 56.2 Å². The normalized spacial score (nSPS) is 15.2. The summed E-state index contributed by atoms with van der Waals surface area (Å²) in [5.74, 6) is -3.68. The molecule has 0 heterocycles. The Kier molecular flexibility index (Phi) is 6.27. The standard InChI is InChI=1S/C10H19NO6S/c1-7(9(12)13)5-11(3)18(15,16)6-8(2)10(14)17-4/h7-8H,5-6H2,1-4H3,(H,12,13). The van der Waals surface area contributed by atoms with Crippen LogP contribution >= 0.6 is 0 Å². The summed E-state index contributed by atoms with van der Waals surface area (Å²) in [6, 6.07) is 0. The van der Waals surface area contributed by atoms with E-state index in [4.69, 9.17) is 5.11 Å². The lowest BCUT2D eigenvalue weighted by Crippen LogP contribution is -2.37. The molecule has 0 rings (SSSR count). The molecule has 0 aliphatic carbocycles. The Morgan fingerprint density at radius 3 is 2.17 bits per heavy atom. The molecule has 2 atom stereocenters. The van der Waals surface area contributed by atoms with Gasteiger partial charge in [0.05, 0.1) is 24.7 Å². The second-order valence-corrected chi connectivity index (χ2v) is 6.34. The third-order valence-corrected chi connectivity index (χ3v) is 4.51. The van der Waals surface area contributed by atoms with E-state index in [0.717, 1.165) is 4.31 Å². The van der Waals surface area contributed by atoms with E-state index < -0.39 is 39.6 Å². The van der Waals surface area contributed by atoms with Gasteiger partial charge < -0.3 is 9.84 Å². The van der Waals surface area contributed by atoms with E-state index in [-0.39, 0.29) is 6.54 Å². The van der Waals surface area contributed by atoms with Crippen molar-refractivity contribution in [2.75, 3.05) is 26.5 Å². The van der Waals surface area contributed by atoms with E-state index in [9.17, 15) is 18.0 Å². The van der Waals surface area contributed by atoms with Gasteiger partial charge in [0.1, 0.15) is 0 Å². The summed E-state index contributed by atoms with van der Waals surface area (Å²) in [6.07, 6.45) is 0. The molecule has 1 N–H and O–H groups in total. The van der Waals surface area contributed by atoms with Crippen molar-refractivity contribution in [3.05, 3.63) is 0 Å². The summed E-state index contributed by atoms with van der Waals surface area (Å²) in [7, 11) is -1.20. The van der Waals surface area contributed by atoms with Crippen LogP contribution in [0.2, 0.25) is 0 Å². The molecule has 0 spiro atoms. The smallest absolute Gasteiger partial charge is 0.309 e. The molecule has 8 heteroatoms. The van der Waals surface area contributed by atoms with Crippen LogP contribution in [-0.2, 0) is 24.3 Å². The first kappa shape index (κ1) is 16.9. The number of methoxy groups -OCH3 is 1. The lowest BCUT2D eigenvalue weighted by atomic mass is 10.2. The molecule has 0 aliphatic rings. The molecular formula is C10H19NO6S. The van der Waals surface area contributed by atoms with E-state index >= 15 is 0 Å². The Morgan fingerprint density at radius 1 is 1.28 bits per heavy atom. The SMILES string of the molecule is COC(=O)C(C)CS(=O)(=O)N(C)CC(C)C(=O)O. The van der Waals surface area contributed by atoms with Gasteiger partial charge in [-0.2, -0.15) is 0 Å². The topological polar surface area (TPSA) is 101 Å². The summed E-state index contributed by atoms with van der Waals surface area (Å²) < 4.78 is 29.1. The maximum absolute atomic E-state index is 11.8. The quantitative estimate of drug-likeness (QED) is 0.647. The molecule has 0 amide bonds. The number of rotatable bonds is 7. The molecule has 0 fully saturated rings. The van der Waals surface area contributed by atoms with Crippen molar-refractivity contribution in [1.82, 2.24) is 4.31 Å². The van der Waals surface area contributed by atoms with E-state index in [2.05, 4.69) is 4.74 Å². The van der Waals surface area contributed by atoms with Crippen LogP contribution in [0.4, 0.5) is 0 Å². The molecule has 106 valence electrons. The van der Waals surface area contributed by atoms with E-state index in [1.807, 2.05) is 0 Å². The van der Waals surface area contributed by atoms with E-state index in [0.29, 0.717) is 0 Å². The predicted octanol–water partition coefficient (Wildman–Crippen LogP) is -0.222. The van der Waals surface area contributed by atoms with Crippen molar-refractivity contribution in [2.24, 2.45) is 11.8 Å². The lowest BCUT2D eigenvalue weighted by Gasteiger charge is -2.20. The Hall–Kier alpha value is -1.15. The van der Waals surface area contributed by atoms with Crippen molar-refractivity contribution >= 4 is 22.0 Å². The van der Waals surface area contributed by atoms with Gasteiger partial charge in [0.2, 0.25) is 10.0 Å². The molecule has 0 saturated carbocycles. The van der Waals surface area contributed by atoms with Gasteiger partial charge in [-0.3, -0.25) is 9.59 Å². The molecular weight excluding hydrogens is 262 g/mol. The maximum Gasteiger partial charge on any atom is 0.309 e. The molecule has 2 unspecified atom stereocenters. The Balaban J connectivity index is 4.64. The molecule has 7 nitrogen and oxygen atoms in total. The molecule has 0 aromatic rings. The molecule has 0 bridgehead atoms. The van der Waals surface area contributed by atoms with Crippen LogP contribution in [0.1, 0.15) is 13.8 Å². The number of hydrogen-bond acceptors (Lipinski definition) is 5. The molecule has 18 heavy (non-hydrogen) atoms. The van der Waals surface area contributed by atoms with Crippen LogP contribution in [0.25, 0.3) is 0 Å². The number of esters is 1. The van der Waals surface area contributed by atoms with E-state index in [1.54, 1.807) is 0 Å². The third-order valence-electron chi connectivity index (χ3n) is 2.49. The molecule has 0 aromatic carbocycles. The monoisotopic (exact) mass is 281 g/mol. The minimum absolute atomic E-state index is 0.133. The molecule has 0 saturated heterocycles. The Labute approximate surface area is 107 Å². The highest BCUT2D eigenvalue weighted by Gasteiger charge is 2.27. The van der Waals surface area contributed by atoms with Gasteiger partial charge in [-0.05, 0) is 0 Å². The van der Waals surface area contributed by atoms with Gasteiger partial charge in [-0.15, -0.1) is 0 Å². The fourth-order valence-electron chi connectivity index (χ4n) is 1.29. The zero-order valence-corrected chi connectivity index (χ0v) is 11.7. The Morgan fingerprint density at radius 2 is 1.78 bits per heavy atom. The number of nitrogens with zero attached hydrogens (tertiary/aromatic N) is 1. The minimum atomic E-state index is -3.67. The van der Waals surface area contributed by atoms with Crippen molar-refractivity contribution in [1.29, 1.82) is 0 Å². The second kappa shape index (κ2) is 6.69. The average Bonchev–Trinajstić information content (AvgIpc) is 2.26. The average molecular weight is 281 g/mol. The minimum Gasteiger partial charge on any atom is -0.481 e. The van der Waals surface area contributed by atoms with Gasteiger partial charge in [0.25, 0.3) is 0 Å². The molecule has 0 aromatic heterocycles. The number of carboxylic acids is 1. The van der Waals surface area contributed by atoms with Gasteiger partial charge in [0, 0.05) is 13.6 Å². The third kappa shape index (κ3) is 5.01. The summed E-state index contributed by atoms with van der Waals surface area (Å²) in [6.45, 7) is 2.72. The van der Waals surface area contributed by atoms with Gasteiger partial charge >= 0.3 is 11.9 Å². The summed E-state index contributed by atoms with van der Waals surface area (Å²) in [5.41, 5.74) is 0. The number of carboxylic acid groups (broad SMARTS) is 1.